The molecule has 70 valence electrons. The van der Waals surface area contributed by atoms with E-state index >= 15 is 0 Å². The second kappa shape index (κ2) is 3.31. The molecule has 0 amide bonds. The summed E-state index contributed by atoms with van der Waals surface area (Å²) < 4.78 is 1.17. The summed E-state index contributed by atoms with van der Waals surface area (Å²) in [6, 6.07) is 6.79. The maximum absolute atomic E-state index is 5.72. The van der Waals surface area contributed by atoms with Gasteiger partial charge in [-0.25, -0.2) is 0 Å². The number of hydrogen-bond donors (Lipinski definition) is 1. The number of nitrogens with two attached hydrogens (primary N) is 1. The maximum atomic E-state index is 5.72. The largest absolute Gasteiger partial charge is 0.368 e. The molecule has 1 fully saturated rings. The van der Waals surface area contributed by atoms with Crippen molar-refractivity contribution >= 4 is 21.6 Å². The molecular formula is C10H13BrN2. The van der Waals surface area contributed by atoms with Crippen LogP contribution in [0.15, 0.2) is 22.7 Å². The maximum Gasteiger partial charge on any atom is 0.0395 e. The van der Waals surface area contributed by atoms with Gasteiger partial charge < -0.3 is 10.6 Å². The van der Waals surface area contributed by atoms with E-state index in [0.29, 0.717) is 6.04 Å². The Bertz CT molecular complexity index is 319. The second-order valence-corrected chi connectivity index (χ2v) is 4.45. The number of aryl methyl sites for hydroxylation is 1. The van der Waals surface area contributed by atoms with Gasteiger partial charge in [-0.05, 0) is 24.6 Å². The number of halogens is 1. The smallest absolute Gasteiger partial charge is 0.0395 e. The summed E-state index contributed by atoms with van der Waals surface area (Å²) in [6.07, 6.45) is 0. The molecule has 0 atom stereocenters. The van der Waals surface area contributed by atoms with E-state index in [-0.39, 0.29) is 0 Å². The van der Waals surface area contributed by atoms with E-state index in [0.717, 1.165) is 13.1 Å². The predicted octanol–water partition coefficient (Wildman–Crippen LogP) is 1.90. The first kappa shape index (κ1) is 9.03. The molecule has 1 aliphatic heterocycles. The fourth-order valence-corrected chi connectivity index (χ4v) is 1.87. The average molecular weight is 241 g/mol. The third-order valence-electron chi connectivity index (χ3n) is 2.43. The number of rotatable bonds is 1. The first-order valence-corrected chi connectivity index (χ1v) is 5.23. The Labute approximate surface area is 86.9 Å². The molecule has 0 aliphatic carbocycles. The highest BCUT2D eigenvalue weighted by Crippen LogP contribution is 2.26. The van der Waals surface area contributed by atoms with Gasteiger partial charge in [0.15, 0.2) is 0 Å². The van der Waals surface area contributed by atoms with Gasteiger partial charge >= 0.3 is 0 Å². The predicted molar refractivity (Wildman–Crippen MR) is 59.1 cm³/mol. The van der Waals surface area contributed by atoms with E-state index in [9.17, 15) is 0 Å². The van der Waals surface area contributed by atoms with Crippen LogP contribution in [0.2, 0.25) is 0 Å². The van der Waals surface area contributed by atoms with Crippen LogP contribution in [-0.4, -0.2) is 19.1 Å². The Morgan fingerprint density at radius 1 is 1.46 bits per heavy atom. The zero-order valence-corrected chi connectivity index (χ0v) is 9.21. The Kier molecular flexibility index (Phi) is 2.30. The molecule has 13 heavy (non-hydrogen) atoms. The molecule has 1 aromatic carbocycles. The van der Waals surface area contributed by atoms with Gasteiger partial charge in [0.1, 0.15) is 0 Å². The molecule has 0 aromatic heterocycles. The first-order valence-electron chi connectivity index (χ1n) is 4.43. The van der Waals surface area contributed by atoms with Crippen molar-refractivity contribution in [3.63, 3.8) is 0 Å². The van der Waals surface area contributed by atoms with E-state index < -0.39 is 0 Å². The summed E-state index contributed by atoms with van der Waals surface area (Å²) in [6.45, 7) is 4.06. The highest BCUT2D eigenvalue weighted by molar-refractivity contribution is 9.10. The number of benzene rings is 1. The Balaban J connectivity index is 2.18. The van der Waals surface area contributed by atoms with E-state index in [4.69, 9.17) is 5.73 Å². The van der Waals surface area contributed by atoms with Crippen molar-refractivity contribution in [3.05, 3.63) is 28.2 Å². The van der Waals surface area contributed by atoms with Gasteiger partial charge in [0.25, 0.3) is 0 Å². The molecule has 2 N–H and O–H groups in total. The molecule has 3 heteroatoms. The lowest BCUT2D eigenvalue weighted by Crippen LogP contribution is -2.55. The lowest BCUT2D eigenvalue weighted by atomic mass is 10.1. The van der Waals surface area contributed by atoms with Gasteiger partial charge in [-0.15, -0.1) is 0 Å². The summed E-state index contributed by atoms with van der Waals surface area (Å²) in [5.74, 6) is 0. The zero-order valence-electron chi connectivity index (χ0n) is 7.63. The molecule has 1 aromatic rings. The van der Waals surface area contributed by atoms with Gasteiger partial charge in [0.2, 0.25) is 0 Å². The first-order chi connectivity index (χ1) is 6.16. The molecule has 1 saturated heterocycles. The number of hydrogen-bond acceptors (Lipinski definition) is 2. The van der Waals surface area contributed by atoms with E-state index in [1.165, 1.54) is 15.7 Å². The number of anilines is 1. The molecule has 0 saturated carbocycles. The second-order valence-electron chi connectivity index (χ2n) is 3.60. The molecule has 0 bridgehead atoms. The third-order valence-corrected chi connectivity index (χ3v) is 3.28. The Hall–Kier alpha value is -0.540. The normalized spacial score (nSPS) is 17.3. The van der Waals surface area contributed by atoms with E-state index in [1.54, 1.807) is 0 Å². The highest BCUT2D eigenvalue weighted by atomic mass is 79.9. The summed E-state index contributed by atoms with van der Waals surface area (Å²) in [7, 11) is 0. The highest BCUT2D eigenvalue weighted by Gasteiger charge is 2.23. The van der Waals surface area contributed by atoms with Crippen LogP contribution in [0, 0.1) is 6.92 Å². The summed E-state index contributed by atoms with van der Waals surface area (Å²) in [5.41, 5.74) is 8.26. The SMILES string of the molecule is Cc1ccc(N2CC(N)C2)cc1Br. The van der Waals surface area contributed by atoms with Gasteiger partial charge in [-0.3, -0.25) is 0 Å². The topological polar surface area (TPSA) is 29.3 Å². The Morgan fingerprint density at radius 2 is 2.15 bits per heavy atom. The van der Waals surface area contributed by atoms with E-state index in [2.05, 4.69) is 46.0 Å². The molecule has 0 unspecified atom stereocenters. The van der Waals surface area contributed by atoms with Crippen LogP contribution >= 0.6 is 15.9 Å². The summed E-state index contributed by atoms with van der Waals surface area (Å²) in [4.78, 5) is 2.29. The van der Waals surface area contributed by atoms with Crippen LogP contribution in [0.1, 0.15) is 5.56 Å². The molecule has 2 nitrogen and oxygen atoms in total. The van der Waals surface area contributed by atoms with Crippen molar-refractivity contribution < 1.29 is 0 Å². The zero-order chi connectivity index (χ0) is 9.42. The molecule has 2 rings (SSSR count). The molecule has 0 spiro atoms. The van der Waals surface area contributed by atoms with Gasteiger partial charge in [-0.2, -0.15) is 0 Å². The minimum Gasteiger partial charge on any atom is -0.368 e. The van der Waals surface area contributed by atoms with Crippen LogP contribution in [0.3, 0.4) is 0 Å². The minimum atomic E-state index is 0.361. The van der Waals surface area contributed by atoms with Crippen molar-refractivity contribution in [2.75, 3.05) is 18.0 Å². The lowest BCUT2D eigenvalue weighted by Gasteiger charge is -2.39. The average Bonchev–Trinajstić information content (AvgIpc) is 2.05. The van der Waals surface area contributed by atoms with Crippen LogP contribution in [0.4, 0.5) is 5.69 Å². The van der Waals surface area contributed by atoms with Gasteiger partial charge in [0, 0.05) is 29.3 Å². The van der Waals surface area contributed by atoms with Crippen LogP contribution in [0.25, 0.3) is 0 Å². The standard InChI is InChI=1S/C10H13BrN2/c1-7-2-3-9(4-10(7)11)13-5-8(12)6-13/h2-4,8H,5-6,12H2,1H3. The third kappa shape index (κ3) is 1.71. The molecule has 0 radical (unpaired) electrons. The lowest BCUT2D eigenvalue weighted by molar-refractivity contribution is 0.519. The van der Waals surface area contributed by atoms with E-state index in [1.807, 2.05) is 0 Å². The van der Waals surface area contributed by atoms with Crippen LogP contribution in [0.5, 0.6) is 0 Å². The van der Waals surface area contributed by atoms with Crippen molar-refractivity contribution in [1.82, 2.24) is 0 Å². The summed E-state index contributed by atoms with van der Waals surface area (Å²) >= 11 is 3.52. The van der Waals surface area contributed by atoms with Gasteiger partial charge in [-0.1, -0.05) is 22.0 Å². The van der Waals surface area contributed by atoms with Crippen molar-refractivity contribution in [1.29, 1.82) is 0 Å². The fraction of sp³-hybridized carbons (Fsp3) is 0.400. The monoisotopic (exact) mass is 240 g/mol. The Morgan fingerprint density at radius 3 is 2.69 bits per heavy atom. The van der Waals surface area contributed by atoms with Crippen LogP contribution in [-0.2, 0) is 0 Å². The molecule has 1 aliphatic rings. The summed E-state index contributed by atoms with van der Waals surface area (Å²) in [5, 5.41) is 0. The quantitative estimate of drug-likeness (QED) is 0.813. The minimum absolute atomic E-state index is 0.361. The van der Waals surface area contributed by atoms with Gasteiger partial charge in [0.05, 0.1) is 0 Å². The molecule has 1 heterocycles. The van der Waals surface area contributed by atoms with Crippen molar-refractivity contribution in [2.24, 2.45) is 5.73 Å². The van der Waals surface area contributed by atoms with Crippen molar-refractivity contribution in [2.45, 2.75) is 13.0 Å². The van der Waals surface area contributed by atoms with Crippen molar-refractivity contribution in [3.8, 4) is 0 Å². The molecular weight excluding hydrogens is 228 g/mol. The fourth-order valence-electron chi connectivity index (χ4n) is 1.50. The number of nitrogens with zero attached hydrogens (tertiary/aromatic N) is 1. The van der Waals surface area contributed by atoms with Crippen LogP contribution < -0.4 is 10.6 Å².